The standard InChI is InChI=1S/C16H20N6/c1-11-2-5-15(21-20-11)22-8-6-13-14(7-9-22)17-10-18-16(13)19-12-3-4-12/h2,5,10,12H,3-4,6-9H2,1H3,(H,17,18,19). The highest BCUT2D eigenvalue weighted by Gasteiger charge is 2.25. The highest BCUT2D eigenvalue weighted by Crippen LogP contribution is 2.28. The second kappa shape index (κ2) is 5.51. The van der Waals surface area contributed by atoms with Crippen molar-refractivity contribution in [3.05, 3.63) is 35.4 Å². The summed E-state index contributed by atoms with van der Waals surface area (Å²) in [5.41, 5.74) is 3.39. The maximum atomic E-state index is 4.50. The summed E-state index contributed by atoms with van der Waals surface area (Å²) in [7, 11) is 0. The van der Waals surface area contributed by atoms with Crippen molar-refractivity contribution in [2.24, 2.45) is 0 Å². The van der Waals surface area contributed by atoms with Crippen molar-refractivity contribution in [1.82, 2.24) is 20.2 Å². The minimum absolute atomic E-state index is 0.612. The molecule has 1 saturated carbocycles. The molecule has 0 amide bonds. The Morgan fingerprint density at radius 2 is 1.95 bits per heavy atom. The van der Waals surface area contributed by atoms with Crippen molar-refractivity contribution in [3.8, 4) is 0 Å². The first-order valence-electron chi connectivity index (χ1n) is 7.94. The lowest BCUT2D eigenvalue weighted by atomic mass is 10.1. The number of anilines is 2. The number of hydrogen-bond acceptors (Lipinski definition) is 6. The van der Waals surface area contributed by atoms with Crippen LogP contribution in [0.4, 0.5) is 11.6 Å². The van der Waals surface area contributed by atoms with Gasteiger partial charge < -0.3 is 10.2 Å². The van der Waals surface area contributed by atoms with Crippen LogP contribution in [0.2, 0.25) is 0 Å². The van der Waals surface area contributed by atoms with E-state index in [1.165, 1.54) is 24.1 Å². The van der Waals surface area contributed by atoms with E-state index >= 15 is 0 Å². The van der Waals surface area contributed by atoms with Gasteiger partial charge in [0.25, 0.3) is 0 Å². The molecule has 0 saturated heterocycles. The Morgan fingerprint density at radius 1 is 1.09 bits per heavy atom. The van der Waals surface area contributed by atoms with Gasteiger partial charge in [0.05, 0.1) is 11.4 Å². The van der Waals surface area contributed by atoms with Crippen LogP contribution in [0.1, 0.15) is 29.8 Å². The molecule has 0 aromatic carbocycles. The summed E-state index contributed by atoms with van der Waals surface area (Å²) in [4.78, 5) is 11.2. The van der Waals surface area contributed by atoms with Gasteiger partial charge in [-0.2, -0.15) is 5.10 Å². The van der Waals surface area contributed by atoms with Gasteiger partial charge in [0, 0.05) is 31.1 Å². The fourth-order valence-electron chi connectivity index (χ4n) is 2.86. The van der Waals surface area contributed by atoms with Gasteiger partial charge >= 0.3 is 0 Å². The molecule has 1 N–H and O–H groups in total. The second-order valence-electron chi connectivity index (χ2n) is 6.09. The largest absolute Gasteiger partial charge is 0.367 e. The summed E-state index contributed by atoms with van der Waals surface area (Å²) in [5, 5.41) is 12.0. The molecular weight excluding hydrogens is 276 g/mol. The third kappa shape index (κ3) is 2.73. The van der Waals surface area contributed by atoms with E-state index in [9.17, 15) is 0 Å². The highest BCUT2D eigenvalue weighted by molar-refractivity contribution is 5.50. The first kappa shape index (κ1) is 13.4. The molecule has 2 aliphatic rings. The van der Waals surface area contributed by atoms with Crippen molar-refractivity contribution >= 4 is 11.6 Å². The minimum atomic E-state index is 0.612. The molecule has 1 fully saturated rings. The van der Waals surface area contributed by atoms with Crippen LogP contribution >= 0.6 is 0 Å². The summed E-state index contributed by atoms with van der Waals surface area (Å²) in [6.07, 6.45) is 6.06. The zero-order valence-electron chi connectivity index (χ0n) is 12.8. The first-order chi connectivity index (χ1) is 10.8. The van der Waals surface area contributed by atoms with Crippen LogP contribution in [-0.2, 0) is 12.8 Å². The summed E-state index contributed by atoms with van der Waals surface area (Å²) in [6.45, 7) is 3.81. The lowest BCUT2D eigenvalue weighted by Gasteiger charge is -2.20. The molecule has 22 heavy (non-hydrogen) atoms. The molecule has 2 aromatic heterocycles. The summed E-state index contributed by atoms with van der Waals surface area (Å²) in [6, 6.07) is 4.68. The molecule has 114 valence electrons. The predicted molar refractivity (Wildman–Crippen MR) is 85.1 cm³/mol. The molecule has 6 nitrogen and oxygen atoms in total. The summed E-state index contributed by atoms with van der Waals surface area (Å²) >= 11 is 0. The van der Waals surface area contributed by atoms with Gasteiger partial charge in [0.15, 0.2) is 5.82 Å². The lowest BCUT2D eigenvalue weighted by molar-refractivity contribution is 0.771. The zero-order chi connectivity index (χ0) is 14.9. The van der Waals surface area contributed by atoms with Crippen LogP contribution in [0.15, 0.2) is 18.5 Å². The number of rotatable bonds is 3. The average molecular weight is 296 g/mol. The quantitative estimate of drug-likeness (QED) is 0.931. The Balaban J connectivity index is 1.55. The van der Waals surface area contributed by atoms with Crippen molar-refractivity contribution < 1.29 is 0 Å². The van der Waals surface area contributed by atoms with Crippen molar-refractivity contribution in [2.75, 3.05) is 23.3 Å². The molecule has 0 spiro atoms. The third-order valence-electron chi connectivity index (χ3n) is 4.31. The lowest BCUT2D eigenvalue weighted by Crippen LogP contribution is -2.27. The maximum absolute atomic E-state index is 4.50. The molecule has 2 aromatic rings. The molecule has 4 rings (SSSR count). The summed E-state index contributed by atoms with van der Waals surface area (Å²) < 4.78 is 0. The number of hydrogen-bond donors (Lipinski definition) is 1. The Kier molecular flexibility index (Phi) is 3.36. The predicted octanol–water partition coefficient (Wildman–Crippen LogP) is 1.75. The Bertz CT molecular complexity index is 665. The van der Waals surface area contributed by atoms with E-state index in [-0.39, 0.29) is 0 Å². The number of nitrogens with one attached hydrogen (secondary N) is 1. The van der Waals surface area contributed by atoms with E-state index in [1.54, 1.807) is 6.33 Å². The normalized spacial score (nSPS) is 17.8. The Labute approximate surface area is 130 Å². The fraction of sp³-hybridized carbons (Fsp3) is 0.500. The molecule has 1 aliphatic carbocycles. The minimum Gasteiger partial charge on any atom is -0.367 e. The van der Waals surface area contributed by atoms with Crippen LogP contribution in [0.3, 0.4) is 0 Å². The van der Waals surface area contributed by atoms with Crippen LogP contribution in [0.25, 0.3) is 0 Å². The van der Waals surface area contributed by atoms with Crippen LogP contribution in [0, 0.1) is 6.92 Å². The van der Waals surface area contributed by atoms with Crippen molar-refractivity contribution in [3.63, 3.8) is 0 Å². The molecule has 1 aliphatic heterocycles. The van der Waals surface area contributed by atoms with Crippen molar-refractivity contribution in [2.45, 2.75) is 38.6 Å². The Hall–Kier alpha value is -2.24. The van der Waals surface area contributed by atoms with Crippen LogP contribution in [-0.4, -0.2) is 39.3 Å². The molecule has 0 bridgehead atoms. The molecule has 0 atom stereocenters. The van der Waals surface area contributed by atoms with E-state index in [0.29, 0.717) is 6.04 Å². The Morgan fingerprint density at radius 3 is 2.73 bits per heavy atom. The van der Waals surface area contributed by atoms with Crippen LogP contribution in [0.5, 0.6) is 0 Å². The molecule has 6 heteroatoms. The number of aromatic nitrogens is 4. The molecule has 0 radical (unpaired) electrons. The van der Waals surface area contributed by atoms with E-state index in [4.69, 9.17) is 0 Å². The van der Waals surface area contributed by atoms with E-state index in [1.807, 2.05) is 19.1 Å². The zero-order valence-corrected chi connectivity index (χ0v) is 12.8. The number of fused-ring (bicyclic) bond motifs is 1. The van der Waals surface area contributed by atoms with Gasteiger partial charge in [0.2, 0.25) is 0 Å². The SMILES string of the molecule is Cc1ccc(N2CCc3ncnc(NC4CC4)c3CC2)nn1. The fourth-order valence-corrected chi connectivity index (χ4v) is 2.86. The topological polar surface area (TPSA) is 66.8 Å². The van der Waals surface area contributed by atoms with Gasteiger partial charge in [-0.3, -0.25) is 0 Å². The van der Waals surface area contributed by atoms with E-state index in [2.05, 4.69) is 30.4 Å². The molecule has 3 heterocycles. The maximum Gasteiger partial charge on any atom is 0.151 e. The third-order valence-corrected chi connectivity index (χ3v) is 4.31. The smallest absolute Gasteiger partial charge is 0.151 e. The molecular formula is C16H20N6. The van der Waals surface area contributed by atoms with Gasteiger partial charge in [-0.25, -0.2) is 9.97 Å². The summed E-state index contributed by atoms with van der Waals surface area (Å²) in [5.74, 6) is 1.98. The first-order valence-corrected chi connectivity index (χ1v) is 7.94. The van der Waals surface area contributed by atoms with Crippen molar-refractivity contribution in [1.29, 1.82) is 0 Å². The average Bonchev–Trinajstić information content (AvgIpc) is 3.35. The van der Waals surface area contributed by atoms with E-state index in [0.717, 1.165) is 43.3 Å². The number of aryl methyl sites for hydroxylation is 1. The highest BCUT2D eigenvalue weighted by atomic mass is 15.3. The van der Waals surface area contributed by atoms with Crippen LogP contribution < -0.4 is 10.2 Å². The van der Waals surface area contributed by atoms with E-state index < -0.39 is 0 Å². The number of nitrogens with zero attached hydrogens (tertiary/aromatic N) is 5. The van der Waals surface area contributed by atoms with Gasteiger partial charge in [-0.15, -0.1) is 5.10 Å². The van der Waals surface area contributed by atoms with Gasteiger partial charge in [-0.1, -0.05) is 0 Å². The second-order valence-corrected chi connectivity index (χ2v) is 6.09. The molecule has 0 unspecified atom stereocenters. The monoisotopic (exact) mass is 296 g/mol. The van der Waals surface area contributed by atoms with Gasteiger partial charge in [0.1, 0.15) is 12.1 Å². The van der Waals surface area contributed by atoms with Gasteiger partial charge in [-0.05, 0) is 38.3 Å².